The number of hydrogen-bond donors (Lipinski definition) is 1. The molecule has 3 rings (SSSR count). The van der Waals surface area contributed by atoms with E-state index in [2.05, 4.69) is 0 Å². The maximum absolute atomic E-state index is 14.0. The Balaban J connectivity index is 2.06. The largest absolute Gasteiger partial charge is 0.505 e. The quantitative estimate of drug-likeness (QED) is 0.463. The summed E-state index contributed by atoms with van der Waals surface area (Å²) in [5.74, 6) is -4.98. The summed E-state index contributed by atoms with van der Waals surface area (Å²) in [6, 6.07) is 7.88. The second-order valence-corrected chi connectivity index (χ2v) is 6.58. The Hall–Kier alpha value is -3.15. The molecule has 0 unspecified atom stereocenters. The maximum Gasteiger partial charge on any atom is 0.171 e. The standard InChI is InChI=1S/C22H16F4O2/c1-11-5-13(14-6-15(23)9-16(24)7-14)8-17(12(11)2)21(28)10-18-19(25)3-4-20(27)22(18)26/h3-9,27H,10H2,1-2H3. The lowest BCUT2D eigenvalue weighted by atomic mass is 9.91. The van der Waals surface area contributed by atoms with Crippen molar-refractivity contribution in [1.82, 2.24) is 0 Å². The molecule has 0 aromatic heterocycles. The van der Waals surface area contributed by atoms with Gasteiger partial charge in [-0.3, -0.25) is 4.79 Å². The molecule has 6 heteroatoms. The van der Waals surface area contributed by atoms with Crippen LogP contribution in [0.15, 0.2) is 42.5 Å². The monoisotopic (exact) mass is 388 g/mol. The van der Waals surface area contributed by atoms with Crippen molar-refractivity contribution in [3.63, 3.8) is 0 Å². The molecular weight excluding hydrogens is 372 g/mol. The molecule has 0 fully saturated rings. The first-order chi connectivity index (χ1) is 13.2. The molecule has 3 aromatic carbocycles. The highest BCUT2D eigenvalue weighted by molar-refractivity contribution is 6.00. The van der Waals surface area contributed by atoms with Crippen molar-refractivity contribution in [1.29, 1.82) is 0 Å². The summed E-state index contributed by atoms with van der Waals surface area (Å²) in [5, 5.41) is 9.43. The van der Waals surface area contributed by atoms with E-state index in [-0.39, 0.29) is 11.1 Å². The van der Waals surface area contributed by atoms with E-state index in [1.54, 1.807) is 19.9 Å². The minimum Gasteiger partial charge on any atom is -0.505 e. The minimum atomic E-state index is -1.19. The van der Waals surface area contributed by atoms with Crippen LogP contribution >= 0.6 is 0 Å². The van der Waals surface area contributed by atoms with Crippen molar-refractivity contribution in [3.05, 3.63) is 88.0 Å². The Morgan fingerprint density at radius 1 is 0.893 bits per heavy atom. The van der Waals surface area contributed by atoms with E-state index < -0.39 is 46.8 Å². The molecule has 0 radical (unpaired) electrons. The average Bonchev–Trinajstić information content (AvgIpc) is 2.63. The van der Waals surface area contributed by atoms with Gasteiger partial charge in [-0.15, -0.1) is 0 Å². The zero-order valence-corrected chi connectivity index (χ0v) is 15.1. The van der Waals surface area contributed by atoms with E-state index in [0.29, 0.717) is 16.7 Å². The van der Waals surface area contributed by atoms with E-state index in [0.717, 1.165) is 30.3 Å². The van der Waals surface area contributed by atoms with Crippen LogP contribution in [0.1, 0.15) is 27.0 Å². The summed E-state index contributed by atoms with van der Waals surface area (Å²) >= 11 is 0. The summed E-state index contributed by atoms with van der Waals surface area (Å²) in [4.78, 5) is 12.8. The summed E-state index contributed by atoms with van der Waals surface area (Å²) < 4.78 is 55.1. The molecule has 144 valence electrons. The van der Waals surface area contributed by atoms with Gasteiger partial charge in [-0.05, 0) is 66.4 Å². The van der Waals surface area contributed by atoms with Crippen molar-refractivity contribution < 1.29 is 27.5 Å². The van der Waals surface area contributed by atoms with Gasteiger partial charge < -0.3 is 5.11 Å². The molecule has 28 heavy (non-hydrogen) atoms. The molecule has 0 amide bonds. The number of phenols is 1. The topological polar surface area (TPSA) is 37.3 Å². The third-order valence-electron chi connectivity index (χ3n) is 4.67. The smallest absolute Gasteiger partial charge is 0.171 e. The molecule has 0 aliphatic carbocycles. The van der Waals surface area contributed by atoms with Crippen LogP contribution in [0.2, 0.25) is 0 Å². The molecular formula is C22H16F4O2. The number of ketones is 1. The third-order valence-corrected chi connectivity index (χ3v) is 4.67. The predicted molar refractivity (Wildman–Crippen MR) is 97.3 cm³/mol. The van der Waals surface area contributed by atoms with Gasteiger partial charge in [-0.25, -0.2) is 17.6 Å². The summed E-state index contributed by atoms with van der Waals surface area (Å²) in [7, 11) is 0. The van der Waals surface area contributed by atoms with Gasteiger partial charge in [0.25, 0.3) is 0 Å². The van der Waals surface area contributed by atoms with E-state index in [1.807, 2.05) is 0 Å². The number of halogens is 4. The van der Waals surface area contributed by atoms with Crippen LogP contribution in [-0.2, 0) is 6.42 Å². The van der Waals surface area contributed by atoms with Gasteiger partial charge in [0.15, 0.2) is 17.3 Å². The van der Waals surface area contributed by atoms with Crippen molar-refractivity contribution in [3.8, 4) is 16.9 Å². The molecule has 0 aliphatic heterocycles. The molecule has 0 aliphatic rings. The van der Waals surface area contributed by atoms with Crippen LogP contribution in [0.4, 0.5) is 17.6 Å². The fourth-order valence-electron chi connectivity index (χ4n) is 3.04. The van der Waals surface area contributed by atoms with Gasteiger partial charge in [-0.2, -0.15) is 0 Å². The molecule has 2 nitrogen and oxygen atoms in total. The fourth-order valence-corrected chi connectivity index (χ4v) is 3.04. The first-order valence-corrected chi connectivity index (χ1v) is 8.44. The van der Waals surface area contributed by atoms with E-state index in [9.17, 15) is 27.5 Å². The normalized spacial score (nSPS) is 10.9. The first kappa shape index (κ1) is 19.6. The van der Waals surface area contributed by atoms with E-state index in [4.69, 9.17) is 0 Å². The highest BCUT2D eigenvalue weighted by atomic mass is 19.1. The van der Waals surface area contributed by atoms with Crippen molar-refractivity contribution in [2.24, 2.45) is 0 Å². The summed E-state index contributed by atoms with van der Waals surface area (Å²) in [6.07, 6.45) is -0.604. The highest BCUT2D eigenvalue weighted by Crippen LogP contribution is 2.29. The zero-order chi connectivity index (χ0) is 20.6. The van der Waals surface area contributed by atoms with Gasteiger partial charge in [0.05, 0.1) is 0 Å². The number of carbonyl (C=O) groups excluding carboxylic acids is 1. The number of hydrogen-bond acceptors (Lipinski definition) is 2. The van der Waals surface area contributed by atoms with Crippen LogP contribution in [0, 0.1) is 37.1 Å². The van der Waals surface area contributed by atoms with E-state index >= 15 is 0 Å². The second kappa shape index (κ2) is 7.46. The van der Waals surface area contributed by atoms with Crippen LogP contribution in [0.5, 0.6) is 5.75 Å². The van der Waals surface area contributed by atoms with Gasteiger partial charge in [-0.1, -0.05) is 6.07 Å². The summed E-state index contributed by atoms with van der Waals surface area (Å²) in [5.41, 5.74) is 1.56. The lowest BCUT2D eigenvalue weighted by Crippen LogP contribution is -2.10. The molecule has 1 N–H and O–H groups in total. The maximum atomic E-state index is 14.0. The van der Waals surface area contributed by atoms with Crippen molar-refractivity contribution in [2.75, 3.05) is 0 Å². The van der Waals surface area contributed by atoms with Gasteiger partial charge in [0.1, 0.15) is 17.5 Å². The molecule has 3 aromatic rings. The lowest BCUT2D eigenvalue weighted by molar-refractivity contribution is 0.0990. The Kier molecular flexibility index (Phi) is 5.23. The van der Waals surface area contributed by atoms with E-state index in [1.165, 1.54) is 6.07 Å². The zero-order valence-electron chi connectivity index (χ0n) is 15.1. The third kappa shape index (κ3) is 3.76. The minimum absolute atomic E-state index is 0.182. The Morgan fingerprint density at radius 2 is 1.50 bits per heavy atom. The van der Waals surface area contributed by atoms with Crippen molar-refractivity contribution in [2.45, 2.75) is 20.3 Å². The Bertz CT molecular complexity index is 1070. The molecule has 0 saturated carbocycles. The Labute approximate surface area is 159 Å². The molecule has 0 spiro atoms. The lowest BCUT2D eigenvalue weighted by Gasteiger charge is -2.13. The second-order valence-electron chi connectivity index (χ2n) is 6.58. The van der Waals surface area contributed by atoms with Crippen LogP contribution < -0.4 is 0 Å². The number of aromatic hydroxyl groups is 1. The summed E-state index contributed by atoms with van der Waals surface area (Å²) in [6.45, 7) is 3.40. The average molecular weight is 388 g/mol. The van der Waals surface area contributed by atoms with Crippen LogP contribution in [0.25, 0.3) is 11.1 Å². The number of aryl methyl sites for hydroxylation is 1. The Morgan fingerprint density at radius 3 is 2.14 bits per heavy atom. The number of rotatable bonds is 4. The molecule has 0 saturated heterocycles. The molecule has 0 bridgehead atoms. The molecule has 0 atom stereocenters. The number of benzene rings is 3. The van der Waals surface area contributed by atoms with Gasteiger partial charge in [0, 0.05) is 23.6 Å². The highest BCUT2D eigenvalue weighted by Gasteiger charge is 2.20. The number of Topliss-reactive ketones (excluding diaryl/α,β-unsaturated/α-hetero) is 1. The SMILES string of the molecule is Cc1cc(-c2cc(F)cc(F)c2)cc(C(=O)Cc2c(F)ccc(O)c2F)c1C. The fraction of sp³-hybridized carbons (Fsp3) is 0.136. The van der Waals surface area contributed by atoms with Gasteiger partial charge in [0.2, 0.25) is 0 Å². The predicted octanol–water partition coefficient (Wildman–Crippen LogP) is 5.66. The van der Waals surface area contributed by atoms with Crippen LogP contribution in [-0.4, -0.2) is 10.9 Å². The first-order valence-electron chi connectivity index (χ1n) is 8.44. The van der Waals surface area contributed by atoms with Crippen LogP contribution in [0.3, 0.4) is 0 Å². The van der Waals surface area contributed by atoms with Crippen molar-refractivity contribution >= 4 is 5.78 Å². The van der Waals surface area contributed by atoms with Gasteiger partial charge >= 0.3 is 0 Å². The number of carbonyl (C=O) groups is 1. The molecule has 0 heterocycles. The number of phenolic OH excluding ortho intramolecular Hbond substituents is 1.